The predicted octanol–water partition coefficient (Wildman–Crippen LogP) is 11.2. The van der Waals surface area contributed by atoms with Crippen LogP contribution in [0.3, 0.4) is 0 Å². The Balaban J connectivity index is 3.32. The Morgan fingerprint density at radius 1 is 0.611 bits per heavy atom. The molecule has 0 N–H and O–H groups in total. The predicted molar refractivity (Wildman–Crippen MR) is 157 cm³/mol. The van der Waals surface area contributed by atoms with Gasteiger partial charge in [0.25, 0.3) is 0 Å². The van der Waals surface area contributed by atoms with E-state index in [-0.39, 0.29) is 5.97 Å². The topological polar surface area (TPSA) is 35.5 Å². The van der Waals surface area contributed by atoms with E-state index < -0.39 is 11.7 Å². The SMILES string of the molecule is CCCCCCCCCCCCCCCCCCCCCCC/C=C\OC(CC)C(=O)OC(C)(C)C. The third-order valence-corrected chi connectivity index (χ3v) is 6.85. The summed E-state index contributed by atoms with van der Waals surface area (Å²) < 4.78 is 11.0. The van der Waals surface area contributed by atoms with Gasteiger partial charge in [0.1, 0.15) is 5.60 Å². The van der Waals surface area contributed by atoms with Gasteiger partial charge in [0.2, 0.25) is 0 Å². The highest BCUT2D eigenvalue weighted by molar-refractivity contribution is 5.75. The minimum Gasteiger partial charge on any atom is -0.487 e. The molecule has 0 saturated carbocycles. The maximum Gasteiger partial charge on any atom is 0.347 e. The molecule has 0 fully saturated rings. The fraction of sp³-hybridized carbons (Fsp3) is 0.909. The largest absolute Gasteiger partial charge is 0.487 e. The number of unbranched alkanes of at least 4 members (excludes halogenated alkanes) is 21. The summed E-state index contributed by atoms with van der Waals surface area (Å²) in [5.74, 6) is -0.274. The second-order valence-corrected chi connectivity index (χ2v) is 11.8. The molecule has 3 nitrogen and oxygen atoms in total. The van der Waals surface area contributed by atoms with Crippen LogP contribution in [-0.4, -0.2) is 17.7 Å². The summed E-state index contributed by atoms with van der Waals surface area (Å²) in [6.45, 7) is 9.89. The van der Waals surface area contributed by atoms with Gasteiger partial charge in [-0.15, -0.1) is 0 Å². The van der Waals surface area contributed by atoms with Crippen LogP contribution in [-0.2, 0) is 14.3 Å². The molecule has 0 aromatic rings. The summed E-state index contributed by atoms with van der Waals surface area (Å²) in [7, 11) is 0. The van der Waals surface area contributed by atoms with E-state index in [1.54, 1.807) is 6.26 Å². The monoisotopic (exact) mass is 508 g/mol. The number of carbonyl (C=O) groups is 1. The molecule has 0 spiro atoms. The average Bonchev–Trinajstić information content (AvgIpc) is 2.83. The molecule has 0 aromatic heterocycles. The summed E-state index contributed by atoms with van der Waals surface area (Å²) in [6, 6.07) is 0. The van der Waals surface area contributed by atoms with E-state index in [0.29, 0.717) is 6.42 Å². The summed E-state index contributed by atoms with van der Waals surface area (Å²) in [5, 5.41) is 0. The maximum absolute atomic E-state index is 12.1. The highest BCUT2D eigenvalue weighted by Gasteiger charge is 2.24. The molecule has 0 amide bonds. The van der Waals surface area contributed by atoms with Crippen molar-refractivity contribution in [3.8, 4) is 0 Å². The van der Waals surface area contributed by atoms with Gasteiger partial charge in [-0.1, -0.05) is 142 Å². The lowest BCUT2D eigenvalue weighted by atomic mass is 10.0. The number of carbonyl (C=O) groups excluding carboxylic acids is 1. The maximum atomic E-state index is 12.1. The van der Waals surface area contributed by atoms with Crippen LogP contribution in [0.15, 0.2) is 12.3 Å². The molecule has 0 bridgehead atoms. The molecular weight excluding hydrogens is 444 g/mol. The van der Waals surface area contributed by atoms with E-state index in [0.717, 1.165) is 6.42 Å². The van der Waals surface area contributed by atoms with Crippen molar-refractivity contribution in [1.29, 1.82) is 0 Å². The van der Waals surface area contributed by atoms with Crippen molar-refractivity contribution in [1.82, 2.24) is 0 Å². The first-order valence-electron chi connectivity index (χ1n) is 15.9. The molecule has 1 unspecified atom stereocenters. The standard InChI is InChI=1S/C33H64O3/c1-6-8-9-10-11-12-13-14-15-16-17-18-19-20-21-22-23-24-25-26-27-28-29-30-35-31(7-2)32(34)36-33(3,4)5/h29-31H,6-28H2,1-5H3/b30-29-. The Labute approximate surface area is 226 Å². The van der Waals surface area contributed by atoms with Crippen LogP contribution in [0.4, 0.5) is 0 Å². The number of allylic oxidation sites excluding steroid dienone is 1. The summed E-state index contributed by atoms with van der Waals surface area (Å²) in [6.07, 6.45) is 34.5. The molecule has 0 aliphatic carbocycles. The fourth-order valence-electron chi connectivity index (χ4n) is 4.60. The molecule has 0 radical (unpaired) electrons. The van der Waals surface area contributed by atoms with E-state index in [9.17, 15) is 4.79 Å². The highest BCUT2D eigenvalue weighted by Crippen LogP contribution is 2.16. The Bertz CT molecular complexity index is 492. The van der Waals surface area contributed by atoms with Crippen molar-refractivity contribution < 1.29 is 14.3 Å². The van der Waals surface area contributed by atoms with E-state index >= 15 is 0 Å². The van der Waals surface area contributed by atoms with Crippen LogP contribution in [0.5, 0.6) is 0 Å². The lowest BCUT2D eigenvalue weighted by molar-refractivity contribution is -0.165. The van der Waals surface area contributed by atoms with Crippen LogP contribution < -0.4 is 0 Å². The van der Waals surface area contributed by atoms with Crippen LogP contribution in [0.25, 0.3) is 0 Å². The Hall–Kier alpha value is -0.990. The van der Waals surface area contributed by atoms with Crippen LogP contribution in [0, 0.1) is 0 Å². The number of ether oxygens (including phenoxy) is 2. The van der Waals surface area contributed by atoms with Crippen molar-refractivity contribution in [3.63, 3.8) is 0 Å². The molecule has 1 atom stereocenters. The molecule has 0 heterocycles. The van der Waals surface area contributed by atoms with E-state index in [2.05, 4.69) is 6.92 Å². The Morgan fingerprint density at radius 2 is 0.972 bits per heavy atom. The zero-order valence-corrected chi connectivity index (χ0v) is 25.2. The Morgan fingerprint density at radius 3 is 1.31 bits per heavy atom. The van der Waals surface area contributed by atoms with Gasteiger partial charge in [0.05, 0.1) is 6.26 Å². The first-order valence-corrected chi connectivity index (χ1v) is 15.9. The minimum atomic E-state index is -0.500. The minimum absolute atomic E-state index is 0.274. The first kappa shape index (κ1) is 35.0. The summed E-state index contributed by atoms with van der Waals surface area (Å²) in [5.41, 5.74) is -0.468. The van der Waals surface area contributed by atoms with Gasteiger partial charge in [-0.25, -0.2) is 4.79 Å². The van der Waals surface area contributed by atoms with E-state index in [1.807, 2.05) is 33.8 Å². The quantitative estimate of drug-likeness (QED) is 0.0662. The van der Waals surface area contributed by atoms with Crippen molar-refractivity contribution in [2.75, 3.05) is 0 Å². The zero-order chi connectivity index (χ0) is 26.7. The molecular formula is C33H64O3. The molecule has 0 aromatic carbocycles. The summed E-state index contributed by atoms with van der Waals surface area (Å²) in [4.78, 5) is 12.1. The van der Waals surface area contributed by atoms with Gasteiger partial charge in [-0.2, -0.15) is 0 Å². The van der Waals surface area contributed by atoms with Crippen molar-refractivity contribution in [2.45, 2.75) is 194 Å². The van der Waals surface area contributed by atoms with Gasteiger partial charge in [-0.3, -0.25) is 0 Å². The van der Waals surface area contributed by atoms with E-state index in [4.69, 9.17) is 9.47 Å². The molecule has 0 saturated heterocycles. The average molecular weight is 509 g/mol. The molecule has 0 rings (SSSR count). The second kappa shape index (κ2) is 25.7. The van der Waals surface area contributed by atoms with Gasteiger partial charge in [-0.05, 0) is 46.1 Å². The molecule has 214 valence electrons. The smallest absolute Gasteiger partial charge is 0.347 e. The van der Waals surface area contributed by atoms with Gasteiger partial charge in [0, 0.05) is 0 Å². The van der Waals surface area contributed by atoms with Gasteiger partial charge in [0.15, 0.2) is 6.10 Å². The fourth-order valence-corrected chi connectivity index (χ4v) is 4.60. The Kier molecular flexibility index (Phi) is 24.9. The number of rotatable bonds is 26. The van der Waals surface area contributed by atoms with Crippen molar-refractivity contribution in [2.24, 2.45) is 0 Å². The zero-order valence-electron chi connectivity index (χ0n) is 25.2. The molecule has 0 aliphatic heterocycles. The molecule has 3 heteroatoms. The van der Waals surface area contributed by atoms with Crippen LogP contribution >= 0.6 is 0 Å². The normalized spacial score (nSPS) is 12.8. The number of esters is 1. The summed E-state index contributed by atoms with van der Waals surface area (Å²) >= 11 is 0. The second-order valence-electron chi connectivity index (χ2n) is 11.8. The number of hydrogen-bond acceptors (Lipinski definition) is 3. The molecule has 0 aliphatic rings. The highest BCUT2D eigenvalue weighted by atomic mass is 16.6. The first-order chi connectivity index (χ1) is 17.4. The van der Waals surface area contributed by atoms with Gasteiger partial charge < -0.3 is 9.47 Å². The van der Waals surface area contributed by atoms with Crippen molar-refractivity contribution in [3.05, 3.63) is 12.3 Å². The third-order valence-electron chi connectivity index (χ3n) is 6.85. The van der Waals surface area contributed by atoms with Gasteiger partial charge >= 0.3 is 5.97 Å². The number of hydrogen-bond donors (Lipinski definition) is 0. The van der Waals surface area contributed by atoms with E-state index in [1.165, 1.54) is 135 Å². The lowest BCUT2D eigenvalue weighted by Gasteiger charge is -2.22. The lowest BCUT2D eigenvalue weighted by Crippen LogP contribution is -2.32. The van der Waals surface area contributed by atoms with Crippen LogP contribution in [0.1, 0.15) is 182 Å². The third kappa shape index (κ3) is 26.1. The molecule has 36 heavy (non-hydrogen) atoms. The van der Waals surface area contributed by atoms with Crippen LogP contribution in [0.2, 0.25) is 0 Å². The van der Waals surface area contributed by atoms with Crippen molar-refractivity contribution >= 4 is 5.97 Å².